The second-order valence-corrected chi connectivity index (χ2v) is 11.5. The lowest BCUT2D eigenvalue weighted by Gasteiger charge is -2.33. The molecule has 2 aliphatic heterocycles. The molecule has 0 spiro atoms. The van der Waals surface area contributed by atoms with Crippen molar-refractivity contribution in [3.05, 3.63) is 71.3 Å². The van der Waals surface area contributed by atoms with Crippen LogP contribution >= 0.6 is 0 Å². The minimum absolute atomic E-state index is 0.0848. The molecule has 4 rings (SSSR count). The molecule has 0 bridgehead atoms. The molecule has 2 aromatic rings. The molecule has 1 amide bonds. The van der Waals surface area contributed by atoms with Crippen LogP contribution in [0.5, 0.6) is 0 Å². The van der Waals surface area contributed by atoms with Gasteiger partial charge in [0.2, 0.25) is 5.91 Å². The topological polar surface area (TPSA) is 69.7 Å². The highest BCUT2D eigenvalue weighted by atomic mass is 32.2. The van der Waals surface area contributed by atoms with Crippen LogP contribution in [0.2, 0.25) is 0 Å². The molecule has 0 saturated carbocycles. The Morgan fingerprint density at radius 3 is 2.21 bits per heavy atom. The van der Waals surface area contributed by atoms with Gasteiger partial charge in [0.25, 0.3) is 0 Å². The van der Waals surface area contributed by atoms with Gasteiger partial charge in [-0.15, -0.1) is 0 Å². The lowest BCUT2D eigenvalue weighted by atomic mass is 10.0. The molecule has 1 atom stereocenters. The van der Waals surface area contributed by atoms with Crippen molar-refractivity contribution in [2.45, 2.75) is 44.8 Å². The fourth-order valence-corrected chi connectivity index (χ4v) is 6.05. The Kier molecular flexibility index (Phi) is 8.17. The van der Waals surface area contributed by atoms with E-state index in [1.165, 1.54) is 31.2 Å². The lowest BCUT2D eigenvalue weighted by Crippen LogP contribution is -2.47. The van der Waals surface area contributed by atoms with Gasteiger partial charge in [-0.2, -0.15) is 0 Å². The Morgan fingerprint density at radius 1 is 0.848 bits per heavy atom. The van der Waals surface area contributed by atoms with Crippen molar-refractivity contribution >= 4 is 15.7 Å². The standard InChI is InChI=1S/C26H35N3O3S/c30-26(25(24-11-4-3-5-12-24)29-15-17-33(31,32)18-16-29)27-20-22-9-8-10-23(19-22)21-28-13-6-1-2-7-14-28/h3-5,8-12,19,25H,1-2,6-7,13-18,20-21H2,(H,27,30). The summed E-state index contributed by atoms with van der Waals surface area (Å²) in [5.41, 5.74) is 3.26. The van der Waals surface area contributed by atoms with Gasteiger partial charge in [0, 0.05) is 26.2 Å². The van der Waals surface area contributed by atoms with E-state index in [9.17, 15) is 13.2 Å². The second kappa shape index (κ2) is 11.3. The molecule has 2 saturated heterocycles. The molecule has 178 valence electrons. The molecule has 0 aromatic heterocycles. The molecular weight excluding hydrogens is 434 g/mol. The summed E-state index contributed by atoms with van der Waals surface area (Å²) in [5, 5.41) is 3.11. The summed E-state index contributed by atoms with van der Waals surface area (Å²) in [5.74, 6) is 0.114. The fourth-order valence-electron chi connectivity index (χ4n) is 4.82. The van der Waals surface area contributed by atoms with Crippen LogP contribution in [-0.4, -0.2) is 61.8 Å². The lowest BCUT2D eigenvalue weighted by molar-refractivity contribution is -0.126. The Labute approximate surface area is 197 Å². The first-order valence-electron chi connectivity index (χ1n) is 12.1. The molecule has 2 fully saturated rings. The number of carbonyl (C=O) groups excluding carboxylic acids is 1. The number of nitrogens with zero attached hydrogens (tertiary/aromatic N) is 2. The maximum Gasteiger partial charge on any atom is 0.242 e. The number of sulfone groups is 1. The van der Waals surface area contributed by atoms with Crippen molar-refractivity contribution in [3.8, 4) is 0 Å². The Balaban J connectivity index is 1.41. The third kappa shape index (κ3) is 6.88. The van der Waals surface area contributed by atoms with E-state index in [1.807, 2.05) is 35.2 Å². The van der Waals surface area contributed by atoms with Gasteiger partial charge >= 0.3 is 0 Å². The number of carbonyl (C=O) groups is 1. The summed E-state index contributed by atoms with van der Waals surface area (Å²) < 4.78 is 23.8. The predicted molar refractivity (Wildman–Crippen MR) is 131 cm³/mol. The summed E-state index contributed by atoms with van der Waals surface area (Å²) in [6, 6.07) is 17.6. The zero-order valence-electron chi connectivity index (χ0n) is 19.3. The molecule has 1 N–H and O–H groups in total. The van der Waals surface area contributed by atoms with E-state index in [0.717, 1.165) is 30.8 Å². The van der Waals surface area contributed by atoms with Gasteiger partial charge in [-0.05, 0) is 42.6 Å². The summed E-state index contributed by atoms with van der Waals surface area (Å²) in [4.78, 5) is 17.8. The number of hydrogen-bond acceptors (Lipinski definition) is 5. The van der Waals surface area contributed by atoms with Crippen LogP contribution in [0.1, 0.15) is 48.4 Å². The van der Waals surface area contributed by atoms with E-state index in [4.69, 9.17) is 0 Å². The van der Waals surface area contributed by atoms with E-state index >= 15 is 0 Å². The number of nitrogens with one attached hydrogen (secondary N) is 1. The minimum Gasteiger partial charge on any atom is -0.350 e. The minimum atomic E-state index is -3.01. The zero-order valence-corrected chi connectivity index (χ0v) is 20.1. The van der Waals surface area contributed by atoms with Crippen molar-refractivity contribution in [2.75, 3.05) is 37.7 Å². The molecule has 2 heterocycles. The normalized spacial score (nSPS) is 20.6. The fraction of sp³-hybridized carbons (Fsp3) is 0.500. The number of benzene rings is 2. The molecule has 33 heavy (non-hydrogen) atoms. The highest BCUT2D eigenvalue weighted by Gasteiger charge is 2.32. The maximum absolute atomic E-state index is 13.3. The predicted octanol–water partition coefficient (Wildman–Crippen LogP) is 3.15. The van der Waals surface area contributed by atoms with Crippen molar-refractivity contribution < 1.29 is 13.2 Å². The number of hydrogen-bond donors (Lipinski definition) is 1. The molecule has 0 aliphatic carbocycles. The van der Waals surface area contributed by atoms with Gasteiger partial charge in [0.05, 0.1) is 11.5 Å². The van der Waals surface area contributed by atoms with Crippen molar-refractivity contribution in [1.82, 2.24) is 15.1 Å². The first-order chi connectivity index (χ1) is 16.0. The summed E-state index contributed by atoms with van der Waals surface area (Å²) >= 11 is 0. The van der Waals surface area contributed by atoms with Crippen LogP contribution in [-0.2, 0) is 27.7 Å². The second-order valence-electron chi connectivity index (χ2n) is 9.23. The summed E-state index contributed by atoms with van der Waals surface area (Å²) in [6.07, 6.45) is 5.20. The Hall–Kier alpha value is -2.22. The Bertz CT molecular complexity index is 1000. The van der Waals surface area contributed by atoms with Gasteiger partial charge in [-0.3, -0.25) is 14.6 Å². The van der Waals surface area contributed by atoms with E-state index in [0.29, 0.717) is 19.6 Å². The van der Waals surface area contributed by atoms with Gasteiger partial charge in [-0.25, -0.2) is 8.42 Å². The van der Waals surface area contributed by atoms with Crippen molar-refractivity contribution in [2.24, 2.45) is 0 Å². The quantitative estimate of drug-likeness (QED) is 0.675. The highest BCUT2D eigenvalue weighted by molar-refractivity contribution is 7.91. The molecule has 0 radical (unpaired) electrons. The number of amides is 1. The van der Waals surface area contributed by atoms with Crippen LogP contribution in [0.4, 0.5) is 0 Å². The monoisotopic (exact) mass is 469 g/mol. The number of likely N-dealkylation sites (tertiary alicyclic amines) is 1. The first-order valence-corrected chi connectivity index (χ1v) is 13.9. The first kappa shape index (κ1) is 23.9. The van der Waals surface area contributed by atoms with Crippen LogP contribution in [0.3, 0.4) is 0 Å². The number of rotatable bonds is 7. The molecule has 7 heteroatoms. The average molecular weight is 470 g/mol. The van der Waals surface area contributed by atoms with Gasteiger partial charge in [0.15, 0.2) is 9.84 Å². The average Bonchev–Trinajstić information content (AvgIpc) is 3.09. The van der Waals surface area contributed by atoms with Crippen LogP contribution in [0, 0.1) is 0 Å². The largest absolute Gasteiger partial charge is 0.350 e. The molecule has 6 nitrogen and oxygen atoms in total. The van der Waals surface area contributed by atoms with E-state index in [1.54, 1.807) is 0 Å². The smallest absolute Gasteiger partial charge is 0.242 e. The summed E-state index contributed by atoms with van der Waals surface area (Å²) in [6.45, 7) is 4.48. The van der Waals surface area contributed by atoms with E-state index in [2.05, 4.69) is 34.5 Å². The highest BCUT2D eigenvalue weighted by Crippen LogP contribution is 2.23. The third-order valence-corrected chi connectivity index (χ3v) is 8.28. The van der Waals surface area contributed by atoms with E-state index < -0.39 is 15.9 Å². The molecule has 2 aliphatic rings. The van der Waals surface area contributed by atoms with Crippen molar-refractivity contribution in [1.29, 1.82) is 0 Å². The van der Waals surface area contributed by atoms with Gasteiger partial charge in [-0.1, -0.05) is 67.4 Å². The molecule has 1 unspecified atom stereocenters. The van der Waals surface area contributed by atoms with Crippen molar-refractivity contribution in [3.63, 3.8) is 0 Å². The molecular formula is C26H35N3O3S. The maximum atomic E-state index is 13.3. The summed E-state index contributed by atoms with van der Waals surface area (Å²) in [7, 11) is -3.01. The van der Waals surface area contributed by atoms with Crippen LogP contribution in [0.15, 0.2) is 54.6 Å². The zero-order chi connectivity index (χ0) is 23.1. The van der Waals surface area contributed by atoms with E-state index in [-0.39, 0.29) is 17.4 Å². The SMILES string of the molecule is O=C(NCc1cccc(CN2CCCCCC2)c1)C(c1ccccc1)N1CCS(=O)(=O)CC1. The van der Waals surface area contributed by atoms with Gasteiger partial charge < -0.3 is 5.32 Å². The third-order valence-electron chi connectivity index (χ3n) is 6.67. The molecule has 2 aromatic carbocycles. The van der Waals surface area contributed by atoms with Crippen LogP contribution < -0.4 is 5.32 Å². The Morgan fingerprint density at radius 2 is 1.52 bits per heavy atom. The van der Waals surface area contributed by atoms with Gasteiger partial charge in [0.1, 0.15) is 6.04 Å². The van der Waals surface area contributed by atoms with Crippen LogP contribution in [0.25, 0.3) is 0 Å².